The maximum Gasteiger partial charge on any atom is 0.411 e. The minimum absolute atomic E-state index is 0.0284. The summed E-state index contributed by atoms with van der Waals surface area (Å²) >= 11 is 0. The van der Waals surface area contributed by atoms with Gasteiger partial charge in [0.15, 0.2) is 6.04 Å². The number of likely N-dealkylation sites (tertiary alicyclic amines) is 1. The number of ether oxygens (including phenoxy) is 1. The van der Waals surface area contributed by atoms with Crippen LogP contribution in [-0.2, 0) is 11.2 Å². The van der Waals surface area contributed by atoms with E-state index in [2.05, 4.69) is 15.4 Å². The zero-order valence-electron chi connectivity index (χ0n) is 16.6. The van der Waals surface area contributed by atoms with Gasteiger partial charge in [-0.2, -0.15) is 23.3 Å². The van der Waals surface area contributed by atoms with Crippen LogP contribution in [0.1, 0.15) is 30.9 Å². The third-order valence-electron chi connectivity index (χ3n) is 5.91. The van der Waals surface area contributed by atoms with E-state index in [1.54, 1.807) is 12.0 Å². The summed E-state index contributed by atoms with van der Waals surface area (Å²) in [4.78, 5) is 18.5. The van der Waals surface area contributed by atoms with Gasteiger partial charge >= 0.3 is 6.18 Å². The van der Waals surface area contributed by atoms with Gasteiger partial charge in [-0.05, 0) is 42.9 Å². The number of benzene rings is 1. The molecular formula is C20H24F3N5O2. The molecule has 1 fully saturated rings. The number of carbonyl (C=O) groups is 1. The molecule has 0 saturated carbocycles. The largest absolute Gasteiger partial charge is 0.497 e. The number of halogens is 3. The molecule has 0 spiro atoms. The van der Waals surface area contributed by atoms with Crippen LogP contribution in [0.2, 0.25) is 0 Å². The van der Waals surface area contributed by atoms with Gasteiger partial charge in [0.05, 0.1) is 13.5 Å². The first kappa shape index (κ1) is 20.5. The summed E-state index contributed by atoms with van der Waals surface area (Å²) in [6, 6.07) is 5.22. The molecule has 0 bridgehead atoms. The number of amides is 1. The van der Waals surface area contributed by atoms with Gasteiger partial charge in [0.2, 0.25) is 11.9 Å². The molecule has 2 aliphatic rings. The van der Waals surface area contributed by atoms with Gasteiger partial charge in [-0.15, -0.1) is 0 Å². The fourth-order valence-corrected chi connectivity index (χ4v) is 4.36. The van der Waals surface area contributed by atoms with Gasteiger partial charge in [0.1, 0.15) is 12.1 Å². The molecular weight excluding hydrogens is 399 g/mol. The SMILES string of the molecule is COc1cccc(CC(=O)N2CCCC([C@@H]3C[C@H](C(F)(F)F)n4ncnc4N3)C2)c1. The van der Waals surface area contributed by atoms with Crippen molar-refractivity contribution in [2.24, 2.45) is 5.92 Å². The summed E-state index contributed by atoms with van der Waals surface area (Å²) in [6.45, 7) is 1.05. The number of piperidine rings is 1. The molecule has 4 rings (SSSR count). The van der Waals surface area contributed by atoms with Crippen LogP contribution in [0.5, 0.6) is 5.75 Å². The second-order valence-corrected chi connectivity index (χ2v) is 7.84. The highest BCUT2D eigenvalue weighted by Crippen LogP contribution is 2.40. The lowest BCUT2D eigenvalue weighted by Crippen LogP contribution is -2.49. The number of carbonyl (C=O) groups excluding carboxylic acids is 1. The van der Waals surface area contributed by atoms with Crippen molar-refractivity contribution in [1.29, 1.82) is 0 Å². The summed E-state index contributed by atoms with van der Waals surface area (Å²) in [5.74, 6) is 0.710. The number of alkyl halides is 3. The molecule has 1 saturated heterocycles. The molecule has 1 aromatic heterocycles. The van der Waals surface area contributed by atoms with Crippen molar-refractivity contribution in [3.63, 3.8) is 0 Å². The second kappa shape index (κ2) is 8.16. The fraction of sp³-hybridized carbons (Fsp3) is 0.550. The van der Waals surface area contributed by atoms with Crippen LogP contribution in [0, 0.1) is 5.92 Å². The summed E-state index contributed by atoms with van der Waals surface area (Å²) in [5.41, 5.74) is 0.850. The lowest BCUT2D eigenvalue weighted by molar-refractivity contribution is -0.175. The third-order valence-corrected chi connectivity index (χ3v) is 5.91. The van der Waals surface area contributed by atoms with Crippen LogP contribution in [-0.4, -0.2) is 58.0 Å². The van der Waals surface area contributed by atoms with E-state index in [1.165, 1.54) is 0 Å². The van der Waals surface area contributed by atoms with E-state index < -0.39 is 18.3 Å². The van der Waals surface area contributed by atoms with E-state index in [0.29, 0.717) is 18.8 Å². The minimum Gasteiger partial charge on any atom is -0.497 e. The number of rotatable bonds is 4. The van der Waals surface area contributed by atoms with Gasteiger partial charge in [0, 0.05) is 19.1 Å². The number of fused-ring (bicyclic) bond motifs is 1. The zero-order valence-corrected chi connectivity index (χ0v) is 16.6. The van der Waals surface area contributed by atoms with E-state index >= 15 is 0 Å². The Bertz CT molecular complexity index is 901. The van der Waals surface area contributed by atoms with Crippen molar-refractivity contribution in [3.05, 3.63) is 36.2 Å². The van der Waals surface area contributed by atoms with E-state index in [1.807, 2.05) is 24.3 Å². The normalized spacial score (nSPS) is 24.1. The summed E-state index contributed by atoms with van der Waals surface area (Å²) < 4.78 is 46.8. The minimum atomic E-state index is -4.40. The predicted molar refractivity (Wildman–Crippen MR) is 103 cm³/mol. The Morgan fingerprint density at radius 1 is 1.37 bits per heavy atom. The summed E-state index contributed by atoms with van der Waals surface area (Å²) in [7, 11) is 1.57. The molecule has 3 atom stereocenters. The Morgan fingerprint density at radius 3 is 2.97 bits per heavy atom. The van der Waals surface area contributed by atoms with Crippen molar-refractivity contribution in [1.82, 2.24) is 19.7 Å². The monoisotopic (exact) mass is 423 g/mol. The number of hydrogen-bond acceptors (Lipinski definition) is 5. The number of anilines is 1. The van der Waals surface area contributed by atoms with E-state index in [9.17, 15) is 18.0 Å². The number of nitrogens with zero attached hydrogens (tertiary/aromatic N) is 4. The Hall–Kier alpha value is -2.78. The smallest absolute Gasteiger partial charge is 0.411 e. The number of nitrogens with one attached hydrogen (secondary N) is 1. The molecule has 1 aromatic carbocycles. The van der Waals surface area contributed by atoms with Crippen molar-refractivity contribution in [3.8, 4) is 5.75 Å². The molecule has 162 valence electrons. The fourth-order valence-electron chi connectivity index (χ4n) is 4.36. The van der Waals surface area contributed by atoms with Crippen molar-refractivity contribution in [2.75, 3.05) is 25.5 Å². The predicted octanol–water partition coefficient (Wildman–Crippen LogP) is 3.06. The average molecular weight is 423 g/mol. The third kappa shape index (κ3) is 4.22. The Kier molecular flexibility index (Phi) is 5.57. The Labute approximate surface area is 172 Å². The molecule has 2 aromatic rings. The van der Waals surface area contributed by atoms with Crippen molar-refractivity contribution >= 4 is 11.9 Å². The first-order valence-corrected chi connectivity index (χ1v) is 9.98. The number of hydrogen-bond donors (Lipinski definition) is 1. The van der Waals surface area contributed by atoms with E-state index in [4.69, 9.17) is 4.74 Å². The van der Waals surface area contributed by atoms with Crippen LogP contribution >= 0.6 is 0 Å². The molecule has 30 heavy (non-hydrogen) atoms. The molecule has 1 unspecified atom stereocenters. The van der Waals surface area contributed by atoms with Gasteiger partial charge in [-0.3, -0.25) is 4.79 Å². The topological polar surface area (TPSA) is 72.3 Å². The van der Waals surface area contributed by atoms with Gasteiger partial charge < -0.3 is 15.0 Å². The highest BCUT2D eigenvalue weighted by Gasteiger charge is 2.48. The highest BCUT2D eigenvalue weighted by molar-refractivity contribution is 5.79. The molecule has 7 nitrogen and oxygen atoms in total. The maximum absolute atomic E-state index is 13.6. The lowest BCUT2D eigenvalue weighted by Gasteiger charge is -2.41. The number of methoxy groups -OCH3 is 1. The van der Waals surface area contributed by atoms with E-state index in [-0.39, 0.29) is 30.6 Å². The molecule has 2 aliphatic heterocycles. The first-order valence-electron chi connectivity index (χ1n) is 9.98. The van der Waals surface area contributed by atoms with Crippen LogP contribution in [0.25, 0.3) is 0 Å². The molecule has 0 radical (unpaired) electrons. The Balaban J connectivity index is 1.44. The van der Waals surface area contributed by atoms with Gasteiger partial charge in [-0.25, -0.2) is 4.68 Å². The zero-order chi connectivity index (χ0) is 21.3. The molecule has 10 heteroatoms. The van der Waals surface area contributed by atoms with E-state index in [0.717, 1.165) is 29.4 Å². The van der Waals surface area contributed by atoms with Gasteiger partial charge in [-0.1, -0.05) is 12.1 Å². The molecule has 1 amide bonds. The van der Waals surface area contributed by atoms with Crippen LogP contribution in [0.4, 0.5) is 19.1 Å². The lowest BCUT2D eigenvalue weighted by atomic mass is 9.85. The molecule has 0 aliphatic carbocycles. The van der Waals surface area contributed by atoms with Crippen LogP contribution < -0.4 is 10.1 Å². The summed E-state index contributed by atoms with van der Waals surface area (Å²) in [6.07, 6.45) is -1.63. The standard InChI is InChI=1S/C20H24F3N5O2/c1-30-15-6-2-4-13(8-15)9-18(29)27-7-3-5-14(11-27)16-10-17(20(21,22)23)28-19(26-16)24-12-25-28/h2,4,6,8,12,14,16-17H,3,5,7,9-11H2,1H3,(H,24,25,26)/t14?,16-,17+/m0/s1. The van der Waals surface area contributed by atoms with Crippen molar-refractivity contribution < 1.29 is 22.7 Å². The maximum atomic E-state index is 13.6. The molecule has 1 N–H and O–H groups in total. The average Bonchev–Trinajstić information content (AvgIpc) is 3.21. The quantitative estimate of drug-likeness (QED) is 0.819. The second-order valence-electron chi connectivity index (χ2n) is 7.84. The molecule has 3 heterocycles. The highest BCUT2D eigenvalue weighted by atomic mass is 19.4. The first-order chi connectivity index (χ1) is 14.3. The summed E-state index contributed by atoms with van der Waals surface area (Å²) in [5, 5.41) is 6.84. The van der Waals surface area contributed by atoms with Gasteiger partial charge in [0.25, 0.3) is 0 Å². The van der Waals surface area contributed by atoms with Crippen LogP contribution in [0.3, 0.4) is 0 Å². The number of aromatic nitrogens is 3. The Morgan fingerprint density at radius 2 is 2.20 bits per heavy atom. The van der Waals surface area contributed by atoms with Crippen LogP contribution in [0.15, 0.2) is 30.6 Å². The van der Waals surface area contributed by atoms with Crippen molar-refractivity contribution in [2.45, 2.75) is 43.9 Å².